The number of nitrogens with zero attached hydrogens (tertiary/aromatic N) is 1. The van der Waals surface area contributed by atoms with Crippen molar-refractivity contribution in [2.24, 2.45) is 11.7 Å². The maximum absolute atomic E-state index is 12.6. The maximum atomic E-state index is 12.6. The summed E-state index contributed by atoms with van der Waals surface area (Å²) < 4.78 is 37.9. The number of nitrogens with one attached hydrogen (secondary N) is 1. The van der Waals surface area contributed by atoms with E-state index in [4.69, 9.17) is 18.0 Å². The molecule has 0 saturated carbocycles. The van der Waals surface area contributed by atoms with Gasteiger partial charge in [0.2, 0.25) is 0 Å². The molecule has 0 aliphatic rings. The monoisotopic (exact) mass is 305 g/mol. The zero-order valence-electron chi connectivity index (χ0n) is 11.4. The predicted molar refractivity (Wildman–Crippen MR) is 77.7 cm³/mol. The second-order valence-electron chi connectivity index (χ2n) is 4.92. The summed E-state index contributed by atoms with van der Waals surface area (Å²) in [5.41, 5.74) is 4.87. The van der Waals surface area contributed by atoms with Crippen LogP contribution in [-0.2, 0) is 6.18 Å². The number of anilines is 1. The van der Waals surface area contributed by atoms with E-state index in [9.17, 15) is 13.2 Å². The minimum atomic E-state index is -4.48. The Morgan fingerprint density at radius 1 is 1.40 bits per heavy atom. The quantitative estimate of drug-likeness (QED) is 0.623. The van der Waals surface area contributed by atoms with Gasteiger partial charge >= 0.3 is 6.18 Å². The van der Waals surface area contributed by atoms with Crippen LogP contribution >= 0.6 is 12.2 Å². The molecule has 1 rings (SSSR count). The molecule has 0 aliphatic heterocycles. The van der Waals surface area contributed by atoms with Crippen molar-refractivity contribution in [3.8, 4) is 0 Å². The average molecular weight is 305 g/mol. The van der Waals surface area contributed by atoms with Gasteiger partial charge in [-0.1, -0.05) is 26.1 Å². The summed E-state index contributed by atoms with van der Waals surface area (Å²) in [5, 5.41) is 2.88. The lowest BCUT2D eigenvalue weighted by Gasteiger charge is -2.13. The Kier molecular flexibility index (Phi) is 5.74. The molecular formula is C13H18F3N3S. The van der Waals surface area contributed by atoms with Crippen molar-refractivity contribution in [3.63, 3.8) is 0 Å². The molecule has 112 valence electrons. The lowest BCUT2D eigenvalue weighted by molar-refractivity contribution is -0.141. The molecule has 3 nitrogen and oxygen atoms in total. The molecule has 0 radical (unpaired) electrons. The van der Waals surface area contributed by atoms with Crippen LogP contribution in [0.5, 0.6) is 0 Å². The smallest absolute Gasteiger partial charge is 0.389 e. The largest absolute Gasteiger partial charge is 0.433 e. The number of aromatic nitrogens is 1. The molecule has 0 bridgehead atoms. The van der Waals surface area contributed by atoms with Crippen LogP contribution in [0.25, 0.3) is 0 Å². The van der Waals surface area contributed by atoms with Crippen molar-refractivity contribution in [3.05, 3.63) is 23.4 Å². The molecule has 0 aliphatic carbocycles. The highest BCUT2D eigenvalue weighted by Crippen LogP contribution is 2.29. The van der Waals surface area contributed by atoms with E-state index in [1.54, 1.807) is 0 Å². The summed E-state index contributed by atoms with van der Waals surface area (Å²) in [6, 6.07) is 2.14. The van der Waals surface area contributed by atoms with Gasteiger partial charge in [0.1, 0.15) is 16.5 Å². The first kappa shape index (κ1) is 16.7. The van der Waals surface area contributed by atoms with Gasteiger partial charge in [0.05, 0.1) is 5.56 Å². The minimum Gasteiger partial charge on any atom is -0.389 e. The average Bonchev–Trinajstić information content (AvgIpc) is 2.32. The predicted octanol–water partition coefficient (Wildman–Crippen LogP) is 3.58. The molecule has 0 atom stereocenters. The van der Waals surface area contributed by atoms with Crippen molar-refractivity contribution >= 4 is 23.0 Å². The van der Waals surface area contributed by atoms with Gasteiger partial charge in [-0.2, -0.15) is 13.2 Å². The zero-order chi connectivity index (χ0) is 15.3. The zero-order valence-corrected chi connectivity index (χ0v) is 12.2. The molecule has 0 aromatic carbocycles. The summed E-state index contributed by atoms with van der Waals surface area (Å²) in [7, 11) is 0. The third-order valence-electron chi connectivity index (χ3n) is 2.70. The molecule has 20 heavy (non-hydrogen) atoms. The van der Waals surface area contributed by atoms with E-state index in [1.807, 2.05) is 0 Å². The normalized spacial score (nSPS) is 11.7. The van der Waals surface area contributed by atoms with Crippen LogP contribution in [0.3, 0.4) is 0 Å². The number of alkyl halides is 3. The molecule has 0 unspecified atom stereocenters. The summed E-state index contributed by atoms with van der Waals surface area (Å²) in [5.74, 6) is 0.636. The van der Waals surface area contributed by atoms with Crippen LogP contribution in [0.15, 0.2) is 12.1 Å². The number of rotatable bonds is 6. The molecule has 0 fully saturated rings. The minimum absolute atomic E-state index is 0.0255. The second kappa shape index (κ2) is 6.88. The van der Waals surface area contributed by atoms with Gasteiger partial charge in [-0.15, -0.1) is 0 Å². The first-order valence-corrected chi connectivity index (χ1v) is 6.74. The molecule has 1 heterocycles. The lowest BCUT2D eigenvalue weighted by atomic mass is 10.1. The van der Waals surface area contributed by atoms with Crippen LogP contribution in [0, 0.1) is 5.92 Å². The van der Waals surface area contributed by atoms with Crippen LogP contribution in [0.4, 0.5) is 19.0 Å². The topological polar surface area (TPSA) is 50.9 Å². The Balaban J connectivity index is 2.87. The molecule has 0 saturated heterocycles. The molecule has 0 amide bonds. The SMILES string of the molecule is CC(C)CCCNc1nc(C(F)(F)F)ccc1C(N)=S. The van der Waals surface area contributed by atoms with Crippen molar-refractivity contribution in [1.82, 2.24) is 4.98 Å². The molecular weight excluding hydrogens is 287 g/mol. The summed E-state index contributed by atoms with van der Waals surface area (Å²) in [6.45, 7) is 4.70. The van der Waals surface area contributed by atoms with E-state index in [0.717, 1.165) is 18.9 Å². The number of pyridine rings is 1. The van der Waals surface area contributed by atoms with Crippen molar-refractivity contribution in [2.75, 3.05) is 11.9 Å². The fourth-order valence-corrected chi connectivity index (χ4v) is 1.83. The van der Waals surface area contributed by atoms with Gasteiger partial charge in [0, 0.05) is 6.54 Å². The molecule has 7 heteroatoms. The van der Waals surface area contributed by atoms with E-state index in [1.165, 1.54) is 6.07 Å². The van der Waals surface area contributed by atoms with Gasteiger partial charge in [0.15, 0.2) is 0 Å². The number of halogens is 3. The first-order valence-electron chi connectivity index (χ1n) is 6.33. The van der Waals surface area contributed by atoms with Crippen LogP contribution in [-0.4, -0.2) is 16.5 Å². The molecule has 1 aromatic heterocycles. The van der Waals surface area contributed by atoms with E-state index in [-0.39, 0.29) is 10.8 Å². The van der Waals surface area contributed by atoms with E-state index in [0.29, 0.717) is 18.0 Å². The van der Waals surface area contributed by atoms with Gasteiger partial charge in [-0.05, 0) is 30.9 Å². The Morgan fingerprint density at radius 2 is 2.05 bits per heavy atom. The fourth-order valence-electron chi connectivity index (χ4n) is 1.67. The second-order valence-corrected chi connectivity index (χ2v) is 5.36. The lowest BCUT2D eigenvalue weighted by Crippen LogP contribution is -2.18. The Hall–Kier alpha value is -1.37. The van der Waals surface area contributed by atoms with Crippen molar-refractivity contribution in [2.45, 2.75) is 32.9 Å². The first-order chi connectivity index (χ1) is 9.21. The Morgan fingerprint density at radius 3 is 2.55 bits per heavy atom. The fraction of sp³-hybridized carbons (Fsp3) is 0.538. The van der Waals surface area contributed by atoms with E-state index < -0.39 is 11.9 Å². The summed E-state index contributed by atoms with van der Waals surface area (Å²) in [6.07, 6.45) is -2.66. The van der Waals surface area contributed by atoms with Crippen LogP contribution in [0.2, 0.25) is 0 Å². The number of hydrogen-bond donors (Lipinski definition) is 2. The maximum Gasteiger partial charge on any atom is 0.433 e. The summed E-state index contributed by atoms with van der Waals surface area (Å²) in [4.78, 5) is 3.60. The third-order valence-corrected chi connectivity index (χ3v) is 2.92. The van der Waals surface area contributed by atoms with Crippen molar-refractivity contribution < 1.29 is 13.2 Å². The highest BCUT2D eigenvalue weighted by Gasteiger charge is 2.33. The number of nitrogens with two attached hydrogens (primary N) is 1. The van der Waals surface area contributed by atoms with Gasteiger partial charge in [-0.3, -0.25) is 0 Å². The van der Waals surface area contributed by atoms with Crippen LogP contribution in [0.1, 0.15) is 37.9 Å². The highest BCUT2D eigenvalue weighted by molar-refractivity contribution is 7.80. The number of hydrogen-bond acceptors (Lipinski definition) is 3. The summed E-state index contributed by atoms with van der Waals surface area (Å²) >= 11 is 4.82. The Bertz CT molecular complexity index is 472. The van der Waals surface area contributed by atoms with Crippen molar-refractivity contribution in [1.29, 1.82) is 0 Å². The highest BCUT2D eigenvalue weighted by atomic mass is 32.1. The molecule has 3 N–H and O–H groups in total. The third kappa shape index (κ3) is 4.96. The number of thiocarbonyl (C=S) groups is 1. The van der Waals surface area contributed by atoms with Gasteiger partial charge in [-0.25, -0.2) is 4.98 Å². The van der Waals surface area contributed by atoms with E-state index >= 15 is 0 Å². The Labute approximate surface area is 121 Å². The van der Waals surface area contributed by atoms with Crippen LogP contribution < -0.4 is 11.1 Å². The molecule has 0 spiro atoms. The van der Waals surface area contributed by atoms with Gasteiger partial charge in [0.25, 0.3) is 0 Å². The van der Waals surface area contributed by atoms with E-state index in [2.05, 4.69) is 24.1 Å². The van der Waals surface area contributed by atoms with Gasteiger partial charge < -0.3 is 11.1 Å². The molecule has 1 aromatic rings. The standard InChI is InChI=1S/C13H18F3N3S/c1-8(2)4-3-7-18-12-9(11(17)20)5-6-10(19-12)13(14,15)16/h5-6,8H,3-4,7H2,1-2H3,(H2,17,20)(H,18,19).